The van der Waals surface area contributed by atoms with E-state index in [0.29, 0.717) is 24.3 Å². The topological polar surface area (TPSA) is 64.0 Å². The third kappa shape index (κ3) is 2.75. The number of hydrogen-bond donors (Lipinski definition) is 1. The van der Waals surface area contributed by atoms with E-state index in [9.17, 15) is 9.59 Å². The largest absolute Gasteiger partial charge is 0.356 e. The molecule has 2 aromatic heterocycles. The van der Waals surface area contributed by atoms with E-state index in [1.807, 2.05) is 5.38 Å². The number of nitrogens with zero attached hydrogens (tertiary/aromatic N) is 2. The first kappa shape index (κ1) is 13.3. The molecule has 1 aliphatic rings. The molecule has 0 spiro atoms. The molecule has 0 saturated heterocycles. The van der Waals surface area contributed by atoms with Gasteiger partial charge in [-0.05, 0) is 30.2 Å². The van der Waals surface area contributed by atoms with E-state index in [1.165, 1.54) is 41.5 Å². The molecule has 3 rings (SSSR count). The average Bonchev–Trinajstić information content (AvgIpc) is 2.85. The predicted molar refractivity (Wildman–Crippen MR) is 78.8 cm³/mol. The zero-order valence-corrected chi connectivity index (χ0v) is 12.0. The predicted octanol–water partition coefficient (Wildman–Crippen LogP) is 1.76. The van der Waals surface area contributed by atoms with Crippen LogP contribution in [0.25, 0.3) is 10.2 Å². The number of carbonyl (C=O) groups excluding carboxylic acids is 1. The smallest absolute Gasteiger partial charge is 0.262 e. The van der Waals surface area contributed by atoms with Crippen LogP contribution in [0.2, 0.25) is 0 Å². The summed E-state index contributed by atoms with van der Waals surface area (Å²) in [5.74, 6) is 0.666. The maximum absolute atomic E-state index is 12.1. The fraction of sp³-hybridized carbons (Fsp3) is 0.500. The first-order chi connectivity index (χ1) is 9.74. The van der Waals surface area contributed by atoms with Gasteiger partial charge in [-0.1, -0.05) is 6.42 Å². The third-order valence-corrected chi connectivity index (χ3v) is 4.66. The number of fused-ring (bicyclic) bond motifs is 1. The van der Waals surface area contributed by atoms with Gasteiger partial charge in [-0.25, -0.2) is 4.98 Å². The summed E-state index contributed by atoms with van der Waals surface area (Å²) < 4.78 is 1.51. The van der Waals surface area contributed by atoms with E-state index in [1.54, 1.807) is 6.07 Å². The maximum Gasteiger partial charge on any atom is 0.262 e. The number of aryl methyl sites for hydroxylation is 1. The van der Waals surface area contributed by atoms with Crippen LogP contribution < -0.4 is 10.9 Å². The Morgan fingerprint density at radius 2 is 2.35 bits per heavy atom. The van der Waals surface area contributed by atoms with E-state index in [2.05, 4.69) is 10.3 Å². The molecule has 0 bridgehead atoms. The highest BCUT2D eigenvalue weighted by Gasteiger charge is 2.17. The molecule has 1 aliphatic carbocycles. The summed E-state index contributed by atoms with van der Waals surface area (Å²) in [5.41, 5.74) is -0.0666. The van der Waals surface area contributed by atoms with Crippen LogP contribution in [-0.4, -0.2) is 22.0 Å². The highest BCUT2D eigenvalue weighted by molar-refractivity contribution is 7.16. The second-order valence-corrected chi connectivity index (χ2v) is 6.13. The zero-order valence-electron chi connectivity index (χ0n) is 11.2. The molecule has 1 N–H and O–H groups in total. The first-order valence-corrected chi connectivity index (χ1v) is 7.81. The van der Waals surface area contributed by atoms with Crippen LogP contribution >= 0.6 is 11.3 Å². The lowest BCUT2D eigenvalue weighted by Gasteiger charge is -2.25. The molecule has 0 unspecified atom stereocenters. The van der Waals surface area contributed by atoms with E-state index in [4.69, 9.17) is 0 Å². The van der Waals surface area contributed by atoms with Crippen LogP contribution in [-0.2, 0) is 11.3 Å². The van der Waals surface area contributed by atoms with Gasteiger partial charge in [0.1, 0.15) is 4.83 Å². The van der Waals surface area contributed by atoms with Gasteiger partial charge in [-0.15, -0.1) is 11.3 Å². The molecule has 0 atom stereocenters. The molecule has 20 heavy (non-hydrogen) atoms. The molecule has 1 amide bonds. The number of amides is 1. The van der Waals surface area contributed by atoms with Crippen molar-refractivity contribution < 1.29 is 4.79 Å². The van der Waals surface area contributed by atoms with Crippen molar-refractivity contribution in [2.24, 2.45) is 5.92 Å². The van der Waals surface area contributed by atoms with Crippen molar-refractivity contribution in [2.45, 2.75) is 32.2 Å². The minimum Gasteiger partial charge on any atom is -0.356 e. The van der Waals surface area contributed by atoms with E-state index >= 15 is 0 Å². The summed E-state index contributed by atoms with van der Waals surface area (Å²) in [5, 5.41) is 5.42. The standard InChI is InChI=1S/C14H17N3O2S/c18-12(15-8-10-2-1-3-10)4-6-17-9-16-13-11(14(17)19)5-7-20-13/h5,7,9-10H,1-4,6,8H2,(H,15,18). The van der Waals surface area contributed by atoms with Gasteiger partial charge in [0.2, 0.25) is 5.91 Å². The van der Waals surface area contributed by atoms with E-state index in [0.717, 1.165) is 11.4 Å². The Kier molecular flexibility index (Phi) is 3.82. The van der Waals surface area contributed by atoms with Crippen molar-refractivity contribution >= 4 is 27.5 Å². The number of rotatable bonds is 5. The monoisotopic (exact) mass is 291 g/mol. The summed E-state index contributed by atoms with van der Waals surface area (Å²) in [6.45, 7) is 1.16. The van der Waals surface area contributed by atoms with Crippen LogP contribution in [0.15, 0.2) is 22.6 Å². The van der Waals surface area contributed by atoms with Gasteiger partial charge < -0.3 is 5.32 Å². The summed E-state index contributed by atoms with van der Waals surface area (Å²) in [6.07, 6.45) is 5.57. The quantitative estimate of drug-likeness (QED) is 0.913. The Bertz CT molecular complexity index is 672. The summed E-state index contributed by atoms with van der Waals surface area (Å²) in [7, 11) is 0. The van der Waals surface area contributed by atoms with Crippen LogP contribution in [0, 0.1) is 5.92 Å². The molecular formula is C14H17N3O2S. The number of carbonyl (C=O) groups is 1. The van der Waals surface area contributed by atoms with E-state index in [-0.39, 0.29) is 11.5 Å². The average molecular weight is 291 g/mol. The lowest BCUT2D eigenvalue weighted by Crippen LogP contribution is -2.33. The molecule has 6 heteroatoms. The first-order valence-electron chi connectivity index (χ1n) is 6.93. The van der Waals surface area contributed by atoms with Crippen LogP contribution in [0.5, 0.6) is 0 Å². The molecule has 0 aliphatic heterocycles. The fourth-order valence-electron chi connectivity index (χ4n) is 2.32. The van der Waals surface area contributed by atoms with Crippen molar-refractivity contribution in [3.05, 3.63) is 28.1 Å². The van der Waals surface area contributed by atoms with Crippen molar-refractivity contribution in [1.82, 2.24) is 14.9 Å². The Balaban J connectivity index is 1.57. The zero-order chi connectivity index (χ0) is 13.9. The Labute approximate surface area is 120 Å². The van der Waals surface area contributed by atoms with Crippen LogP contribution in [0.3, 0.4) is 0 Å². The molecule has 1 fully saturated rings. The van der Waals surface area contributed by atoms with Crippen LogP contribution in [0.4, 0.5) is 0 Å². The number of nitrogens with one attached hydrogen (secondary N) is 1. The molecule has 2 aromatic rings. The lowest BCUT2D eigenvalue weighted by molar-refractivity contribution is -0.121. The third-order valence-electron chi connectivity index (χ3n) is 3.84. The normalized spacial score (nSPS) is 15.2. The number of aromatic nitrogens is 2. The van der Waals surface area contributed by atoms with Gasteiger partial charge in [0.25, 0.3) is 5.56 Å². The maximum atomic E-state index is 12.1. The highest BCUT2D eigenvalue weighted by Crippen LogP contribution is 2.25. The molecule has 1 saturated carbocycles. The van der Waals surface area contributed by atoms with Gasteiger partial charge in [-0.2, -0.15) is 0 Å². The second-order valence-electron chi connectivity index (χ2n) is 5.23. The summed E-state index contributed by atoms with van der Waals surface area (Å²) >= 11 is 1.45. The van der Waals surface area contributed by atoms with Gasteiger partial charge in [0, 0.05) is 19.5 Å². The number of hydrogen-bond acceptors (Lipinski definition) is 4. The molecule has 2 heterocycles. The second kappa shape index (κ2) is 5.75. The van der Waals surface area contributed by atoms with Gasteiger partial charge in [0.15, 0.2) is 0 Å². The minimum atomic E-state index is -0.0666. The molecule has 106 valence electrons. The van der Waals surface area contributed by atoms with Gasteiger partial charge in [0.05, 0.1) is 11.7 Å². The Morgan fingerprint density at radius 3 is 3.10 bits per heavy atom. The Hall–Kier alpha value is -1.69. The van der Waals surface area contributed by atoms with E-state index < -0.39 is 0 Å². The summed E-state index contributed by atoms with van der Waals surface area (Å²) in [4.78, 5) is 28.8. The molecule has 0 aromatic carbocycles. The Morgan fingerprint density at radius 1 is 1.50 bits per heavy atom. The lowest BCUT2D eigenvalue weighted by atomic mass is 9.85. The molecular weight excluding hydrogens is 274 g/mol. The van der Waals surface area contributed by atoms with Gasteiger partial charge in [-0.3, -0.25) is 14.2 Å². The van der Waals surface area contributed by atoms with Crippen molar-refractivity contribution in [1.29, 1.82) is 0 Å². The minimum absolute atomic E-state index is 0.00853. The fourth-order valence-corrected chi connectivity index (χ4v) is 3.04. The SMILES string of the molecule is O=C(CCn1cnc2sccc2c1=O)NCC1CCC1. The van der Waals surface area contributed by atoms with Gasteiger partial charge >= 0.3 is 0 Å². The van der Waals surface area contributed by atoms with Crippen molar-refractivity contribution in [3.63, 3.8) is 0 Å². The van der Waals surface area contributed by atoms with Crippen LogP contribution in [0.1, 0.15) is 25.7 Å². The summed E-state index contributed by atoms with van der Waals surface area (Å²) in [6, 6.07) is 1.78. The van der Waals surface area contributed by atoms with Crippen molar-refractivity contribution in [2.75, 3.05) is 6.54 Å². The highest BCUT2D eigenvalue weighted by atomic mass is 32.1. The number of thiophene rings is 1. The molecule has 5 nitrogen and oxygen atoms in total. The van der Waals surface area contributed by atoms with Crippen molar-refractivity contribution in [3.8, 4) is 0 Å². The molecule has 0 radical (unpaired) electrons.